The van der Waals surface area contributed by atoms with Crippen LogP contribution in [0, 0.1) is 11.6 Å². The molecule has 1 fully saturated rings. The fraction of sp³-hybridized carbons (Fsp3) is 0.364. The van der Waals surface area contributed by atoms with Gasteiger partial charge in [0, 0.05) is 6.07 Å². The minimum absolute atomic E-state index is 0. The number of nitrogens with one attached hydrogen (secondary N) is 2. The van der Waals surface area contributed by atoms with Crippen molar-refractivity contribution in [2.75, 3.05) is 11.9 Å². The predicted octanol–water partition coefficient (Wildman–Crippen LogP) is 2.08. The zero-order valence-electron chi connectivity index (χ0n) is 9.00. The lowest BCUT2D eigenvalue weighted by Gasteiger charge is -2.11. The molecule has 1 saturated heterocycles. The highest BCUT2D eigenvalue weighted by molar-refractivity contribution is 5.95. The summed E-state index contributed by atoms with van der Waals surface area (Å²) < 4.78 is 25.8. The van der Waals surface area contributed by atoms with Gasteiger partial charge in [-0.05, 0) is 31.5 Å². The van der Waals surface area contributed by atoms with Gasteiger partial charge in [0.15, 0.2) is 0 Å². The molecule has 1 aliphatic rings. The molecule has 0 saturated carbocycles. The number of rotatable bonds is 2. The third kappa shape index (κ3) is 3.38. The molecular weight excluding hydrogens is 250 g/mol. The van der Waals surface area contributed by atoms with Crippen molar-refractivity contribution in [1.82, 2.24) is 5.32 Å². The zero-order chi connectivity index (χ0) is 11.5. The number of benzene rings is 1. The summed E-state index contributed by atoms with van der Waals surface area (Å²) in [5.41, 5.74) is 0.0140. The highest BCUT2D eigenvalue weighted by Crippen LogP contribution is 2.16. The van der Waals surface area contributed by atoms with Crippen molar-refractivity contribution in [2.45, 2.75) is 18.9 Å². The molecule has 1 amide bonds. The summed E-state index contributed by atoms with van der Waals surface area (Å²) in [6, 6.07) is 2.81. The number of hydrogen-bond donors (Lipinski definition) is 2. The van der Waals surface area contributed by atoms with Gasteiger partial charge in [-0.2, -0.15) is 0 Å². The van der Waals surface area contributed by atoms with Crippen LogP contribution in [0.2, 0.25) is 0 Å². The Bertz CT molecular complexity index is 408. The number of halogens is 3. The lowest BCUT2D eigenvalue weighted by Crippen LogP contribution is -2.35. The molecule has 0 spiro atoms. The van der Waals surface area contributed by atoms with E-state index in [0.29, 0.717) is 0 Å². The topological polar surface area (TPSA) is 41.1 Å². The van der Waals surface area contributed by atoms with E-state index in [1.807, 2.05) is 0 Å². The number of carbonyl (C=O) groups is 1. The second kappa shape index (κ2) is 5.93. The van der Waals surface area contributed by atoms with Crippen LogP contribution in [-0.2, 0) is 4.79 Å². The molecule has 1 heterocycles. The first-order chi connectivity index (χ1) is 7.66. The Labute approximate surface area is 104 Å². The zero-order valence-corrected chi connectivity index (χ0v) is 9.82. The van der Waals surface area contributed by atoms with E-state index in [1.165, 1.54) is 6.07 Å². The molecule has 17 heavy (non-hydrogen) atoms. The summed E-state index contributed by atoms with van der Waals surface area (Å²) in [7, 11) is 0. The van der Waals surface area contributed by atoms with Crippen LogP contribution in [0.25, 0.3) is 0 Å². The van der Waals surface area contributed by atoms with E-state index >= 15 is 0 Å². The van der Waals surface area contributed by atoms with Crippen molar-refractivity contribution in [3.05, 3.63) is 29.8 Å². The molecule has 94 valence electrons. The highest BCUT2D eigenvalue weighted by atomic mass is 35.5. The fourth-order valence-corrected chi connectivity index (χ4v) is 1.72. The van der Waals surface area contributed by atoms with Gasteiger partial charge in [-0.25, -0.2) is 8.78 Å². The Morgan fingerprint density at radius 1 is 1.41 bits per heavy atom. The van der Waals surface area contributed by atoms with Crippen LogP contribution in [0.4, 0.5) is 14.5 Å². The molecular formula is C11H13ClF2N2O. The van der Waals surface area contributed by atoms with E-state index in [2.05, 4.69) is 10.6 Å². The number of carbonyl (C=O) groups excluding carboxylic acids is 1. The van der Waals surface area contributed by atoms with Gasteiger partial charge in [0.05, 0.1) is 11.7 Å². The molecule has 1 aromatic rings. The monoisotopic (exact) mass is 262 g/mol. The van der Waals surface area contributed by atoms with Crippen LogP contribution in [0.3, 0.4) is 0 Å². The highest BCUT2D eigenvalue weighted by Gasteiger charge is 2.22. The van der Waals surface area contributed by atoms with Crippen molar-refractivity contribution in [3.63, 3.8) is 0 Å². The fourth-order valence-electron chi connectivity index (χ4n) is 1.72. The molecule has 2 N–H and O–H groups in total. The van der Waals surface area contributed by atoms with E-state index < -0.39 is 11.6 Å². The summed E-state index contributed by atoms with van der Waals surface area (Å²) in [5, 5.41) is 5.44. The molecule has 1 aliphatic heterocycles. The molecule has 1 aromatic carbocycles. The van der Waals surface area contributed by atoms with Crippen LogP contribution in [-0.4, -0.2) is 18.5 Å². The average molecular weight is 263 g/mol. The Morgan fingerprint density at radius 3 is 2.76 bits per heavy atom. The predicted molar refractivity (Wildman–Crippen MR) is 63.3 cm³/mol. The summed E-state index contributed by atoms with van der Waals surface area (Å²) in [6.07, 6.45) is 1.68. The Morgan fingerprint density at radius 2 is 2.18 bits per heavy atom. The van der Waals surface area contributed by atoms with E-state index in [-0.39, 0.29) is 30.0 Å². The first-order valence-corrected chi connectivity index (χ1v) is 5.16. The van der Waals surface area contributed by atoms with E-state index in [0.717, 1.165) is 31.5 Å². The number of amides is 1. The van der Waals surface area contributed by atoms with Crippen LogP contribution < -0.4 is 10.6 Å². The molecule has 0 unspecified atom stereocenters. The standard InChI is InChI=1S/C11H12F2N2O.ClH/c12-7-3-4-9(8(13)6-7)15-11(16)10-2-1-5-14-10;/h3-4,6,10,14H,1-2,5H2,(H,15,16);1H/t10-;/m1./s1. The Balaban J connectivity index is 0.00000144. The quantitative estimate of drug-likeness (QED) is 0.857. The van der Waals surface area contributed by atoms with Gasteiger partial charge in [-0.1, -0.05) is 0 Å². The third-order valence-corrected chi connectivity index (χ3v) is 2.57. The van der Waals surface area contributed by atoms with Gasteiger partial charge in [-0.15, -0.1) is 12.4 Å². The second-order valence-corrected chi connectivity index (χ2v) is 3.76. The van der Waals surface area contributed by atoms with Gasteiger partial charge in [0.25, 0.3) is 0 Å². The van der Waals surface area contributed by atoms with Crippen molar-refractivity contribution in [2.24, 2.45) is 0 Å². The lowest BCUT2D eigenvalue weighted by atomic mass is 10.2. The van der Waals surface area contributed by atoms with E-state index in [9.17, 15) is 13.6 Å². The van der Waals surface area contributed by atoms with Crippen molar-refractivity contribution in [1.29, 1.82) is 0 Å². The first kappa shape index (κ1) is 13.9. The van der Waals surface area contributed by atoms with Gasteiger partial charge >= 0.3 is 0 Å². The smallest absolute Gasteiger partial charge is 0.241 e. The van der Waals surface area contributed by atoms with Gasteiger partial charge in [0.1, 0.15) is 11.6 Å². The average Bonchev–Trinajstić information content (AvgIpc) is 2.75. The largest absolute Gasteiger partial charge is 0.322 e. The van der Waals surface area contributed by atoms with Crippen molar-refractivity contribution >= 4 is 24.0 Å². The molecule has 3 nitrogen and oxygen atoms in total. The number of anilines is 1. The maximum Gasteiger partial charge on any atom is 0.241 e. The van der Waals surface area contributed by atoms with E-state index in [1.54, 1.807) is 0 Å². The Kier molecular flexibility index (Phi) is 4.84. The summed E-state index contributed by atoms with van der Waals surface area (Å²) >= 11 is 0. The summed E-state index contributed by atoms with van der Waals surface area (Å²) in [5.74, 6) is -1.69. The third-order valence-electron chi connectivity index (χ3n) is 2.57. The normalized spacial score (nSPS) is 18.6. The minimum Gasteiger partial charge on any atom is -0.322 e. The molecule has 1 atom stereocenters. The second-order valence-electron chi connectivity index (χ2n) is 3.76. The molecule has 2 rings (SSSR count). The summed E-state index contributed by atoms with van der Waals surface area (Å²) in [6.45, 7) is 0.796. The SMILES string of the molecule is Cl.O=C(Nc1ccc(F)cc1F)[C@H]1CCCN1. The van der Waals surface area contributed by atoms with Crippen molar-refractivity contribution < 1.29 is 13.6 Å². The van der Waals surface area contributed by atoms with Gasteiger partial charge < -0.3 is 10.6 Å². The molecule has 0 aromatic heterocycles. The molecule has 0 bridgehead atoms. The number of hydrogen-bond acceptors (Lipinski definition) is 2. The minimum atomic E-state index is -0.758. The van der Waals surface area contributed by atoms with E-state index in [4.69, 9.17) is 0 Å². The van der Waals surface area contributed by atoms with Gasteiger partial charge in [0.2, 0.25) is 5.91 Å². The van der Waals surface area contributed by atoms with Crippen LogP contribution in [0.5, 0.6) is 0 Å². The molecule has 6 heteroatoms. The Hall–Kier alpha value is -1.20. The van der Waals surface area contributed by atoms with Crippen molar-refractivity contribution in [3.8, 4) is 0 Å². The molecule has 0 radical (unpaired) electrons. The summed E-state index contributed by atoms with van der Waals surface area (Å²) in [4.78, 5) is 11.6. The lowest BCUT2D eigenvalue weighted by molar-refractivity contribution is -0.117. The van der Waals surface area contributed by atoms with Gasteiger partial charge in [-0.3, -0.25) is 4.79 Å². The maximum absolute atomic E-state index is 13.2. The molecule has 0 aliphatic carbocycles. The van der Waals surface area contributed by atoms with Crippen LogP contribution >= 0.6 is 12.4 Å². The van der Waals surface area contributed by atoms with Crippen LogP contribution in [0.1, 0.15) is 12.8 Å². The van der Waals surface area contributed by atoms with Crippen LogP contribution in [0.15, 0.2) is 18.2 Å². The maximum atomic E-state index is 13.2. The first-order valence-electron chi connectivity index (χ1n) is 5.16.